The number of allylic oxidation sites excluding steroid dienone is 4. The lowest BCUT2D eigenvalue weighted by atomic mass is 9.71. The van der Waals surface area contributed by atoms with Crippen molar-refractivity contribution in [2.45, 2.75) is 58.0 Å². The van der Waals surface area contributed by atoms with Crippen molar-refractivity contribution in [1.29, 1.82) is 0 Å². The minimum atomic E-state index is -0.468. The van der Waals surface area contributed by atoms with Crippen LogP contribution in [-0.4, -0.2) is 18.2 Å². The number of hydrogen-bond acceptors (Lipinski definition) is 5. The van der Waals surface area contributed by atoms with Gasteiger partial charge in [-0.1, -0.05) is 23.7 Å². The van der Waals surface area contributed by atoms with Crippen LogP contribution in [0.5, 0.6) is 11.5 Å². The van der Waals surface area contributed by atoms with E-state index in [0.717, 1.165) is 48.2 Å². The highest BCUT2D eigenvalue weighted by atomic mass is 35.5. The van der Waals surface area contributed by atoms with E-state index in [9.17, 15) is 14.0 Å². The monoisotopic (exact) mass is 495 g/mol. The molecule has 1 heterocycles. The second-order valence-corrected chi connectivity index (χ2v) is 9.48. The zero-order valence-electron chi connectivity index (χ0n) is 19.6. The van der Waals surface area contributed by atoms with Crippen LogP contribution in [0.1, 0.15) is 62.5 Å². The largest absolute Gasteiger partial charge is 0.490 e. The van der Waals surface area contributed by atoms with Gasteiger partial charge in [-0.15, -0.1) is 0 Å². The third-order valence-corrected chi connectivity index (χ3v) is 7.03. The van der Waals surface area contributed by atoms with Gasteiger partial charge in [0.1, 0.15) is 12.4 Å². The molecule has 1 aliphatic heterocycles. The SMILES string of the molecule is CCOc1cc(C2C3=C(CCCC3=O)NC3=C2C(=O)CCC3)cc(Cl)c1OCc1ccc(F)cc1. The Balaban J connectivity index is 1.56. The summed E-state index contributed by atoms with van der Waals surface area (Å²) in [5, 5.41) is 3.76. The highest BCUT2D eigenvalue weighted by molar-refractivity contribution is 6.32. The second kappa shape index (κ2) is 9.86. The fourth-order valence-corrected chi connectivity index (χ4v) is 5.48. The van der Waals surface area contributed by atoms with Crippen molar-refractivity contribution in [3.05, 3.63) is 80.9 Å². The van der Waals surface area contributed by atoms with Gasteiger partial charge < -0.3 is 14.8 Å². The molecule has 3 aliphatic rings. The molecule has 0 radical (unpaired) electrons. The number of carbonyl (C=O) groups is 2. The maximum atomic E-state index is 13.2. The maximum Gasteiger partial charge on any atom is 0.180 e. The first-order chi connectivity index (χ1) is 17.0. The summed E-state index contributed by atoms with van der Waals surface area (Å²) in [5.41, 5.74) is 4.72. The number of hydrogen-bond donors (Lipinski definition) is 1. The molecule has 1 N–H and O–H groups in total. The van der Waals surface area contributed by atoms with Gasteiger partial charge in [0, 0.05) is 41.3 Å². The van der Waals surface area contributed by atoms with Crippen LogP contribution < -0.4 is 14.8 Å². The molecule has 35 heavy (non-hydrogen) atoms. The molecule has 182 valence electrons. The standard InChI is InChI=1S/C28H27ClFNO4/c1-2-34-24-14-17(13-19(29)28(24)35-15-16-9-11-18(30)12-10-16)25-26-20(5-3-7-22(26)32)31-21-6-4-8-23(33)27(21)25/h9-14,25,31H,2-8,15H2,1H3. The molecule has 0 fully saturated rings. The number of benzene rings is 2. The molecule has 0 spiro atoms. The molecule has 2 aliphatic carbocycles. The fraction of sp³-hybridized carbons (Fsp3) is 0.357. The van der Waals surface area contributed by atoms with Crippen LogP contribution in [-0.2, 0) is 16.2 Å². The molecule has 2 aromatic carbocycles. The van der Waals surface area contributed by atoms with Crippen molar-refractivity contribution in [3.63, 3.8) is 0 Å². The van der Waals surface area contributed by atoms with Crippen molar-refractivity contribution in [1.82, 2.24) is 5.32 Å². The highest BCUT2D eigenvalue weighted by Gasteiger charge is 2.40. The summed E-state index contributed by atoms with van der Waals surface area (Å²) in [6.45, 7) is 2.44. The average molecular weight is 496 g/mol. The van der Waals surface area contributed by atoms with Crippen LogP contribution in [0.2, 0.25) is 5.02 Å². The maximum absolute atomic E-state index is 13.2. The molecule has 0 saturated carbocycles. The summed E-state index contributed by atoms with van der Waals surface area (Å²) in [4.78, 5) is 26.2. The van der Waals surface area contributed by atoms with Gasteiger partial charge in [-0.05, 0) is 68.0 Å². The van der Waals surface area contributed by atoms with E-state index in [1.807, 2.05) is 13.0 Å². The van der Waals surface area contributed by atoms with Crippen LogP contribution >= 0.6 is 11.6 Å². The minimum absolute atomic E-state index is 0.0689. The Labute approximate surface area is 208 Å². The lowest BCUT2D eigenvalue weighted by Crippen LogP contribution is -2.36. The number of Topliss-reactive ketones (excluding diaryl/α,β-unsaturated/α-hetero) is 2. The first kappa shape index (κ1) is 23.6. The van der Waals surface area contributed by atoms with Gasteiger partial charge in [-0.3, -0.25) is 9.59 Å². The van der Waals surface area contributed by atoms with Crippen LogP contribution in [0, 0.1) is 5.82 Å². The number of dihydropyridines is 1. The number of ether oxygens (including phenoxy) is 2. The van der Waals surface area contributed by atoms with Crippen molar-refractivity contribution < 1.29 is 23.5 Å². The molecule has 5 rings (SSSR count). The number of ketones is 2. The summed E-state index contributed by atoms with van der Waals surface area (Å²) in [5.74, 6) is 0.184. The summed E-state index contributed by atoms with van der Waals surface area (Å²) < 4.78 is 25.1. The van der Waals surface area contributed by atoms with Gasteiger partial charge in [0.05, 0.1) is 11.6 Å². The first-order valence-corrected chi connectivity index (χ1v) is 12.5. The molecule has 5 nitrogen and oxygen atoms in total. The smallest absolute Gasteiger partial charge is 0.180 e. The molecular formula is C28H27ClFNO4. The van der Waals surface area contributed by atoms with Crippen molar-refractivity contribution >= 4 is 23.2 Å². The van der Waals surface area contributed by atoms with E-state index >= 15 is 0 Å². The number of nitrogens with one attached hydrogen (secondary N) is 1. The molecule has 0 aromatic heterocycles. The molecule has 2 aromatic rings. The zero-order valence-corrected chi connectivity index (χ0v) is 20.3. The quantitative estimate of drug-likeness (QED) is 0.520. The summed E-state index contributed by atoms with van der Waals surface area (Å²) in [6.07, 6.45) is 4.11. The van der Waals surface area contributed by atoms with Gasteiger partial charge in [0.25, 0.3) is 0 Å². The summed E-state index contributed by atoms with van der Waals surface area (Å²) >= 11 is 6.72. The number of carbonyl (C=O) groups excluding carboxylic acids is 2. The first-order valence-electron chi connectivity index (χ1n) is 12.1. The normalized spacial score (nSPS) is 18.3. The van der Waals surface area contributed by atoms with Crippen LogP contribution in [0.4, 0.5) is 4.39 Å². The Morgan fingerprint density at radius 1 is 0.943 bits per heavy atom. The van der Waals surface area contributed by atoms with Gasteiger partial charge in [-0.2, -0.15) is 0 Å². The van der Waals surface area contributed by atoms with Crippen molar-refractivity contribution in [3.8, 4) is 11.5 Å². The van der Waals surface area contributed by atoms with E-state index in [-0.39, 0.29) is 24.0 Å². The molecule has 0 amide bonds. The molecule has 0 bridgehead atoms. The van der Waals surface area contributed by atoms with Gasteiger partial charge in [0.2, 0.25) is 0 Å². The van der Waals surface area contributed by atoms with E-state index in [2.05, 4.69) is 5.32 Å². The average Bonchev–Trinajstić information content (AvgIpc) is 2.84. The van der Waals surface area contributed by atoms with Crippen LogP contribution in [0.3, 0.4) is 0 Å². The van der Waals surface area contributed by atoms with Crippen LogP contribution in [0.25, 0.3) is 0 Å². The Kier molecular flexibility index (Phi) is 6.65. The molecule has 7 heteroatoms. The second-order valence-electron chi connectivity index (χ2n) is 9.07. The van der Waals surface area contributed by atoms with Crippen LogP contribution in [0.15, 0.2) is 58.9 Å². The Bertz CT molecular complexity index is 1210. The lowest BCUT2D eigenvalue weighted by Gasteiger charge is -2.37. The fourth-order valence-electron chi connectivity index (χ4n) is 5.21. The Morgan fingerprint density at radius 2 is 1.57 bits per heavy atom. The molecule has 0 atom stereocenters. The number of rotatable bonds is 6. The Morgan fingerprint density at radius 3 is 2.17 bits per heavy atom. The zero-order chi connectivity index (χ0) is 24.5. The van der Waals surface area contributed by atoms with E-state index in [4.69, 9.17) is 21.1 Å². The molecule has 0 saturated heterocycles. The topological polar surface area (TPSA) is 64.6 Å². The van der Waals surface area contributed by atoms with Crippen molar-refractivity contribution in [2.24, 2.45) is 0 Å². The third kappa shape index (κ3) is 4.59. The van der Waals surface area contributed by atoms with Gasteiger partial charge >= 0.3 is 0 Å². The predicted molar refractivity (Wildman–Crippen MR) is 131 cm³/mol. The summed E-state index contributed by atoms with van der Waals surface area (Å²) in [6, 6.07) is 9.67. The van der Waals surface area contributed by atoms with E-state index in [1.54, 1.807) is 18.2 Å². The highest BCUT2D eigenvalue weighted by Crippen LogP contribution is 2.48. The lowest BCUT2D eigenvalue weighted by molar-refractivity contribution is -0.117. The van der Waals surface area contributed by atoms with E-state index < -0.39 is 5.92 Å². The van der Waals surface area contributed by atoms with E-state index in [0.29, 0.717) is 47.1 Å². The third-order valence-electron chi connectivity index (χ3n) is 6.75. The van der Waals surface area contributed by atoms with E-state index in [1.165, 1.54) is 12.1 Å². The molecule has 0 unspecified atom stereocenters. The molecular weight excluding hydrogens is 469 g/mol. The van der Waals surface area contributed by atoms with Crippen molar-refractivity contribution in [2.75, 3.05) is 6.61 Å². The Hall–Kier alpha value is -3.12. The van der Waals surface area contributed by atoms with Gasteiger partial charge in [0.15, 0.2) is 23.1 Å². The minimum Gasteiger partial charge on any atom is -0.490 e. The van der Waals surface area contributed by atoms with Gasteiger partial charge in [-0.25, -0.2) is 4.39 Å². The number of halogens is 2. The predicted octanol–water partition coefficient (Wildman–Crippen LogP) is 6.16. The summed E-state index contributed by atoms with van der Waals surface area (Å²) in [7, 11) is 0.